The minimum absolute atomic E-state index is 0.285. The van der Waals surface area contributed by atoms with E-state index in [1.165, 1.54) is 9.75 Å². The molecule has 7 heteroatoms. The number of nitrogens with zero attached hydrogens (tertiary/aromatic N) is 2. The van der Waals surface area contributed by atoms with Crippen LogP contribution in [0, 0.1) is 0 Å². The van der Waals surface area contributed by atoms with Gasteiger partial charge in [-0.1, -0.05) is 12.1 Å². The Hall–Kier alpha value is -1.41. The van der Waals surface area contributed by atoms with Gasteiger partial charge in [0.25, 0.3) is 0 Å². The van der Waals surface area contributed by atoms with E-state index >= 15 is 0 Å². The molecule has 3 heterocycles. The Labute approximate surface area is 157 Å². The number of thiophene rings is 2. The average molecular weight is 379 g/mol. The van der Waals surface area contributed by atoms with Crippen molar-refractivity contribution in [3.05, 3.63) is 44.8 Å². The molecular weight excluding hydrogens is 352 g/mol. The van der Waals surface area contributed by atoms with Crippen LogP contribution in [0.5, 0.6) is 0 Å². The minimum Gasteiger partial charge on any atom is -0.376 e. The smallest absolute Gasteiger partial charge is 0.191 e. The molecule has 0 saturated carbocycles. The van der Waals surface area contributed by atoms with Crippen LogP contribution in [0.3, 0.4) is 0 Å². The second-order valence-corrected chi connectivity index (χ2v) is 8.11. The highest BCUT2D eigenvalue weighted by Crippen LogP contribution is 2.26. The lowest BCUT2D eigenvalue weighted by Crippen LogP contribution is -2.47. The summed E-state index contributed by atoms with van der Waals surface area (Å²) in [5.74, 6) is 0.844. The van der Waals surface area contributed by atoms with E-state index in [0.717, 1.165) is 38.7 Å². The van der Waals surface area contributed by atoms with Crippen molar-refractivity contribution >= 4 is 28.6 Å². The molecule has 0 radical (unpaired) electrons. The Morgan fingerprint density at radius 3 is 2.84 bits per heavy atom. The molecule has 1 aliphatic rings. The van der Waals surface area contributed by atoms with Crippen molar-refractivity contribution in [3.8, 4) is 0 Å². The number of hydrogen-bond acceptors (Lipinski definition) is 5. The van der Waals surface area contributed by atoms with Crippen molar-refractivity contribution in [2.45, 2.75) is 25.6 Å². The first-order chi connectivity index (χ1) is 12.3. The van der Waals surface area contributed by atoms with E-state index in [1.807, 2.05) is 18.4 Å². The number of ether oxygens (including phenoxy) is 1. The van der Waals surface area contributed by atoms with Crippen LogP contribution in [0.15, 0.2) is 40.0 Å². The lowest BCUT2D eigenvalue weighted by atomic mass is 10.1. The zero-order valence-corrected chi connectivity index (χ0v) is 16.4. The SMILES string of the molecule is CN=C(NCc1cccs1)NCC(c1cccs1)N1CCOC(C)C1. The van der Waals surface area contributed by atoms with E-state index in [2.05, 4.69) is 62.5 Å². The van der Waals surface area contributed by atoms with Crippen LogP contribution >= 0.6 is 22.7 Å². The van der Waals surface area contributed by atoms with Gasteiger partial charge in [0, 0.05) is 36.4 Å². The summed E-state index contributed by atoms with van der Waals surface area (Å²) in [6, 6.07) is 8.89. The summed E-state index contributed by atoms with van der Waals surface area (Å²) in [4.78, 5) is 9.56. The average Bonchev–Trinajstić information content (AvgIpc) is 3.32. The van der Waals surface area contributed by atoms with Crippen molar-refractivity contribution in [1.82, 2.24) is 15.5 Å². The van der Waals surface area contributed by atoms with Gasteiger partial charge in [0.1, 0.15) is 0 Å². The standard InChI is InChI=1S/C18H26N4OS2/c1-14-13-22(7-8-23-14)16(17-6-4-10-25-17)12-21-18(19-2)20-11-15-5-3-9-24-15/h3-6,9-10,14,16H,7-8,11-13H2,1-2H3,(H2,19,20,21). The maximum atomic E-state index is 5.71. The lowest BCUT2D eigenvalue weighted by Gasteiger charge is -2.37. The van der Waals surface area contributed by atoms with Crippen molar-refractivity contribution in [1.29, 1.82) is 0 Å². The highest BCUT2D eigenvalue weighted by Gasteiger charge is 2.26. The van der Waals surface area contributed by atoms with Gasteiger partial charge in [-0.25, -0.2) is 0 Å². The van der Waals surface area contributed by atoms with Gasteiger partial charge < -0.3 is 15.4 Å². The van der Waals surface area contributed by atoms with Gasteiger partial charge in [0.15, 0.2) is 5.96 Å². The third kappa shape index (κ3) is 5.28. The molecule has 0 aliphatic carbocycles. The van der Waals surface area contributed by atoms with E-state index in [1.54, 1.807) is 11.3 Å². The summed E-state index contributed by atoms with van der Waals surface area (Å²) in [7, 11) is 1.82. The van der Waals surface area contributed by atoms with Gasteiger partial charge in [0.05, 0.1) is 25.3 Å². The molecule has 0 spiro atoms. The molecule has 2 aromatic rings. The van der Waals surface area contributed by atoms with Crippen molar-refractivity contribution in [2.24, 2.45) is 4.99 Å². The van der Waals surface area contributed by atoms with E-state index in [0.29, 0.717) is 6.04 Å². The number of rotatable bonds is 6. The fourth-order valence-corrected chi connectivity index (χ4v) is 4.52. The van der Waals surface area contributed by atoms with Crippen LogP contribution in [0.1, 0.15) is 22.7 Å². The van der Waals surface area contributed by atoms with Crippen LogP contribution in [-0.4, -0.2) is 50.3 Å². The van der Waals surface area contributed by atoms with E-state index in [9.17, 15) is 0 Å². The molecule has 0 amide bonds. The highest BCUT2D eigenvalue weighted by molar-refractivity contribution is 7.10. The first kappa shape index (κ1) is 18.4. The quantitative estimate of drug-likeness (QED) is 0.599. The van der Waals surface area contributed by atoms with Crippen LogP contribution in [0.4, 0.5) is 0 Å². The van der Waals surface area contributed by atoms with Gasteiger partial charge in [-0.2, -0.15) is 0 Å². The monoisotopic (exact) mass is 378 g/mol. The van der Waals surface area contributed by atoms with Gasteiger partial charge in [0.2, 0.25) is 0 Å². The molecule has 1 fully saturated rings. The number of guanidine groups is 1. The molecule has 0 aromatic carbocycles. The van der Waals surface area contributed by atoms with Crippen LogP contribution in [-0.2, 0) is 11.3 Å². The van der Waals surface area contributed by atoms with Crippen molar-refractivity contribution < 1.29 is 4.74 Å². The molecule has 1 aliphatic heterocycles. The Morgan fingerprint density at radius 2 is 2.16 bits per heavy atom. The van der Waals surface area contributed by atoms with Crippen LogP contribution < -0.4 is 10.6 Å². The number of aliphatic imine (C=N–C) groups is 1. The summed E-state index contributed by atoms with van der Waals surface area (Å²) in [6.45, 7) is 6.51. The molecule has 136 valence electrons. The Morgan fingerprint density at radius 1 is 1.32 bits per heavy atom. The lowest BCUT2D eigenvalue weighted by molar-refractivity contribution is -0.0334. The summed E-state index contributed by atoms with van der Waals surface area (Å²) in [5, 5.41) is 11.1. The normalized spacial score (nSPS) is 20.4. The van der Waals surface area contributed by atoms with E-state index in [-0.39, 0.29) is 6.10 Å². The van der Waals surface area contributed by atoms with Gasteiger partial charge in [-0.3, -0.25) is 9.89 Å². The first-order valence-electron chi connectivity index (χ1n) is 8.62. The van der Waals surface area contributed by atoms with Crippen molar-refractivity contribution in [2.75, 3.05) is 33.3 Å². The molecule has 2 unspecified atom stereocenters. The molecule has 25 heavy (non-hydrogen) atoms. The maximum Gasteiger partial charge on any atom is 0.191 e. The first-order valence-corrected chi connectivity index (χ1v) is 10.4. The molecule has 2 atom stereocenters. The molecule has 1 saturated heterocycles. The predicted octanol–water partition coefficient (Wildman–Crippen LogP) is 2.94. The maximum absolute atomic E-state index is 5.71. The summed E-state index contributed by atoms with van der Waals surface area (Å²) >= 11 is 3.57. The third-order valence-corrected chi connectivity index (χ3v) is 6.13. The number of morpholine rings is 1. The molecule has 2 aromatic heterocycles. The zero-order chi connectivity index (χ0) is 17.5. The van der Waals surface area contributed by atoms with Gasteiger partial charge >= 0.3 is 0 Å². The summed E-state index contributed by atoms with van der Waals surface area (Å²) in [5.41, 5.74) is 0. The van der Waals surface area contributed by atoms with Gasteiger partial charge in [-0.05, 0) is 29.8 Å². The molecule has 2 N–H and O–H groups in total. The van der Waals surface area contributed by atoms with Crippen molar-refractivity contribution in [3.63, 3.8) is 0 Å². The minimum atomic E-state index is 0.285. The summed E-state index contributed by atoms with van der Waals surface area (Å²) in [6.07, 6.45) is 0.285. The Balaban J connectivity index is 1.59. The fourth-order valence-electron chi connectivity index (χ4n) is 3.02. The Kier molecular flexibility index (Phi) is 6.86. The highest BCUT2D eigenvalue weighted by atomic mass is 32.1. The second-order valence-electron chi connectivity index (χ2n) is 6.09. The third-order valence-electron chi connectivity index (χ3n) is 4.28. The van der Waals surface area contributed by atoms with E-state index in [4.69, 9.17) is 4.74 Å². The topological polar surface area (TPSA) is 48.9 Å². The summed E-state index contributed by atoms with van der Waals surface area (Å²) < 4.78 is 5.71. The van der Waals surface area contributed by atoms with Gasteiger partial charge in [-0.15, -0.1) is 22.7 Å². The number of hydrogen-bond donors (Lipinski definition) is 2. The van der Waals surface area contributed by atoms with E-state index < -0.39 is 0 Å². The fraction of sp³-hybridized carbons (Fsp3) is 0.500. The van der Waals surface area contributed by atoms with Crippen LogP contribution in [0.25, 0.3) is 0 Å². The second kappa shape index (κ2) is 9.33. The molecule has 3 rings (SSSR count). The van der Waals surface area contributed by atoms with Crippen LogP contribution in [0.2, 0.25) is 0 Å². The predicted molar refractivity (Wildman–Crippen MR) is 107 cm³/mol. The molecule has 5 nitrogen and oxygen atoms in total. The largest absolute Gasteiger partial charge is 0.376 e. The number of nitrogens with one attached hydrogen (secondary N) is 2. The Bertz CT molecular complexity index is 642. The molecular formula is C18H26N4OS2. The zero-order valence-electron chi connectivity index (χ0n) is 14.8. The molecule has 0 bridgehead atoms.